The summed E-state index contributed by atoms with van der Waals surface area (Å²) in [6.07, 6.45) is 0. The van der Waals surface area contributed by atoms with E-state index in [1.807, 2.05) is 11.8 Å². The summed E-state index contributed by atoms with van der Waals surface area (Å²) in [6.45, 7) is 2.13. The molecule has 0 N–H and O–H groups in total. The number of methoxy groups -OCH3 is 1. The Morgan fingerprint density at radius 2 is 2.00 bits per heavy atom. The Morgan fingerprint density at radius 1 is 1.36 bits per heavy atom. The van der Waals surface area contributed by atoms with E-state index in [1.54, 1.807) is 11.8 Å². The molecule has 0 aliphatic heterocycles. The summed E-state index contributed by atoms with van der Waals surface area (Å²) in [5, 5.41) is 0. The highest BCUT2D eigenvalue weighted by atomic mass is 32.2. The van der Waals surface area contributed by atoms with Gasteiger partial charge in [0.1, 0.15) is 0 Å². The van der Waals surface area contributed by atoms with Crippen molar-refractivity contribution in [3.8, 4) is 0 Å². The minimum absolute atomic E-state index is 0.128. The number of ether oxygens (including phenoxy) is 1. The van der Waals surface area contributed by atoms with Gasteiger partial charge in [0.25, 0.3) is 0 Å². The van der Waals surface area contributed by atoms with Crippen molar-refractivity contribution in [1.82, 2.24) is 0 Å². The topological polar surface area (TPSA) is 26.3 Å². The molecule has 0 saturated carbocycles. The van der Waals surface area contributed by atoms with Gasteiger partial charge < -0.3 is 4.74 Å². The van der Waals surface area contributed by atoms with E-state index in [4.69, 9.17) is 0 Å². The Balaban J connectivity index is 2.95. The third-order valence-corrected chi connectivity index (χ3v) is 3.12. The van der Waals surface area contributed by atoms with Crippen LogP contribution in [0.5, 0.6) is 0 Å². The van der Waals surface area contributed by atoms with Gasteiger partial charge in [-0.25, -0.2) is 0 Å². The van der Waals surface area contributed by atoms with Gasteiger partial charge in [0.2, 0.25) is 0 Å². The van der Waals surface area contributed by atoms with Crippen molar-refractivity contribution in [3.63, 3.8) is 0 Å². The Bertz CT molecular complexity index is 107. The summed E-state index contributed by atoms with van der Waals surface area (Å²) in [7, 11) is 1.42. The number of esters is 1. The van der Waals surface area contributed by atoms with Gasteiger partial charge in [0.15, 0.2) is 0 Å². The lowest BCUT2D eigenvalue weighted by molar-refractivity contribution is -0.137. The van der Waals surface area contributed by atoms with Crippen molar-refractivity contribution < 1.29 is 9.53 Å². The van der Waals surface area contributed by atoms with Crippen molar-refractivity contribution in [1.29, 1.82) is 0 Å². The fraction of sp³-hybridized carbons (Fsp3) is 0.857. The molecule has 0 fully saturated rings. The molecule has 66 valence electrons. The van der Waals surface area contributed by atoms with Gasteiger partial charge >= 0.3 is 5.97 Å². The van der Waals surface area contributed by atoms with E-state index >= 15 is 0 Å². The second kappa shape index (κ2) is 8.27. The van der Waals surface area contributed by atoms with Gasteiger partial charge in [-0.1, -0.05) is 6.92 Å². The molecule has 0 aliphatic rings. The fourth-order valence-electron chi connectivity index (χ4n) is 0.477. The van der Waals surface area contributed by atoms with E-state index in [1.165, 1.54) is 7.11 Å². The number of hydrogen-bond acceptors (Lipinski definition) is 4. The van der Waals surface area contributed by atoms with Crippen LogP contribution in [-0.2, 0) is 9.53 Å². The average Bonchev–Trinajstić information content (AvgIpc) is 2.04. The zero-order chi connectivity index (χ0) is 8.53. The second-order valence-electron chi connectivity index (χ2n) is 1.83. The normalized spacial score (nSPS) is 9.64. The summed E-state index contributed by atoms with van der Waals surface area (Å²) in [4.78, 5) is 10.6. The smallest absolute Gasteiger partial charge is 0.315 e. The molecular formula is C7H14O2S2. The molecule has 0 heterocycles. The molecule has 0 amide bonds. The van der Waals surface area contributed by atoms with Crippen LogP contribution in [0.25, 0.3) is 0 Å². The van der Waals surface area contributed by atoms with E-state index in [0.717, 1.165) is 17.3 Å². The van der Waals surface area contributed by atoms with Crippen LogP contribution in [-0.4, -0.2) is 36.1 Å². The first kappa shape index (κ1) is 11.2. The number of carbonyl (C=O) groups is 1. The molecule has 0 radical (unpaired) electrons. The molecule has 0 aromatic rings. The van der Waals surface area contributed by atoms with Crippen molar-refractivity contribution in [2.75, 3.05) is 30.1 Å². The van der Waals surface area contributed by atoms with Crippen molar-refractivity contribution in [2.24, 2.45) is 0 Å². The standard InChI is InChI=1S/C7H14O2S2/c1-3-10-4-5-11-6-7(8)9-2/h3-6H2,1-2H3. The maximum atomic E-state index is 10.6. The number of hydrogen-bond donors (Lipinski definition) is 0. The highest BCUT2D eigenvalue weighted by molar-refractivity contribution is 8.03. The maximum absolute atomic E-state index is 10.6. The first-order valence-corrected chi connectivity index (χ1v) is 5.84. The monoisotopic (exact) mass is 194 g/mol. The average molecular weight is 194 g/mol. The van der Waals surface area contributed by atoms with Crippen molar-refractivity contribution in [2.45, 2.75) is 6.92 Å². The minimum Gasteiger partial charge on any atom is -0.468 e. The van der Waals surface area contributed by atoms with Crippen LogP contribution in [0.15, 0.2) is 0 Å². The van der Waals surface area contributed by atoms with Crippen molar-refractivity contribution >= 4 is 29.5 Å². The molecule has 0 atom stereocenters. The maximum Gasteiger partial charge on any atom is 0.315 e. The van der Waals surface area contributed by atoms with Crippen LogP contribution in [0.4, 0.5) is 0 Å². The van der Waals surface area contributed by atoms with Crippen LogP contribution in [0.3, 0.4) is 0 Å². The van der Waals surface area contributed by atoms with Gasteiger partial charge in [-0.15, -0.1) is 11.8 Å². The molecule has 0 spiro atoms. The number of carbonyl (C=O) groups excluding carboxylic acids is 1. The van der Waals surface area contributed by atoms with Crippen LogP contribution < -0.4 is 0 Å². The molecule has 0 unspecified atom stereocenters. The quantitative estimate of drug-likeness (QED) is 0.474. The van der Waals surface area contributed by atoms with Gasteiger partial charge in [0, 0.05) is 11.5 Å². The molecule has 0 aromatic carbocycles. The first-order chi connectivity index (χ1) is 5.31. The molecule has 0 bridgehead atoms. The Morgan fingerprint density at radius 3 is 2.55 bits per heavy atom. The van der Waals surface area contributed by atoms with Gasteiger partial charge in [-0.05, 0) is 5.75 Å². The SMILES string of the molecule is CCSCCSCC(=O)OC. The van der Waals surface area contributed by atoms with Crippen molar-refractivity contribution in [3.05, 3.63) is 0 Å². The minimum atomic E-state index is -0.128. The van der Waals surface area contributed by atoms with E-state index in [2.05, 4.69) is 11.7 Å². The molecule has 11 heavy (non-hydrogen) atoms. The summed E-state index contributed by atoms with van der Waals surface area (Å²) in [5.74, 6) is 3.67. The summed E-state index contributed by atoms with van der Waals surface area (Å²) in [6, 6.07) is 0. The van der Waals surface area contributed by atoms with Gasteiger partial charge in [-0.2, -0.15) is 11.8 Å². The molecular weight excluding hydrogens is 180 g/mol. The van der Waals surface area contributed by atoms with E-state index < -0.39 is 0 Å². The van der Waals surface area contributed by atoms with Gasteiger partial charge in [-0.3, -0.25) is 4.79 Å². The fourth-order valence-corrected chi connectivity index (χ4v) is 2.14. The van der Waals surface area contributed by atoms with E-state index in [0.29, 0.717) is 5.75 Å². The second-order valence-corrected chi connectivity index (χ2v) is 4.32. The Kier molecular flexibility index (Phi) is 8.40. The predicted molar refractivity (Wildman–Crippen MR) is 52.3 cm³/mol. The lowest BCUT2D eigenvalue weighted by atomic mass is 10.8. The third kappa shape index (κ3) is 8.07. The molecule has 0 saturated heterocycles. The number of rotatable bonds is 6. The Labute approximate surface area is 76.5 Å². The van der Waals surface area contributed by atoms with Gasteiger partial charge in [0.05, 0.1) is 12.9 Å². The van der Waals surface area contributed by atoms with E-state index in [-0.39, 0.29) is 5.97 Å². The van der Waals surface area contributed by atoms with Crippen LogP contribution in [0.1, 0.15) is 6.92 Å². The summed E-state index contributed by atoms with van der Waals surface area (Å²) in [5.41, 5.74) is 0. The van der Waals surface area contributed by atoms with E-state index in [9.17, 15) is 4.79 Å². The molecule has 4 heteroatoms. The molecule has 0 rings (SSSR count). The van der Waals surface area contributed by atoms with Crippen LogP contribution in [0, 0.1) is 0 Å². The van der Waals surface area contributed by atoms with Crippen LogP contribution in [0.2, 0.25) is 0 Å². The largest absolute Gasteiger partial charge is 0.468 e. The summed E-state index contributed by atoms with van der Waals surface area (Å²) >= 11 is 3.52. The molecule has 2 nitrogen and oxygen atoms in total. The Hall–Kier alpha value is 0.170. The highest BCUT2D eigenvalue weighted by Gasteiger charge is 1.98. The molecule has 0 aliphatic carbocycles. The molecule has 0 aromatic heterocycles. The predicted octanol–water partition coefficient (Wildman–Crippen LogP) is 1.65. The number of thioether (sulfide) groups is 2. The first-order valence-electron chi connectivity index (χ1n) is 3.53. The summed E-state index contributed by atoms with van der Waals surface area (Å²) < 4.78 is 4.49. The zero-order valence-corrected chi connectivity index (χ0v) is 8.59. The lowest BCUT2D eigenvalue weighted by Gasteiger charge is -1.98. The highest BCUT2D eigenvalue weighted by Crippen LogP contribution is 2.06. The lowest BCUT2D eigenvalue weighted by Crippen LogP contribution is -2.04. The van der Waals surface area contributed by atoms with Crippen LogP contribution >= 0.6 is 23.5 Å². The zero-order valence-electron chi connectivity index (χ0n) is 6.96. The third-order valence-electron chi connectivity index (χ3n) is 1.02.